The number of alkyl halides is 3. The number of ether oxygens (including phenoxy) is 2. The van der Waals surface area contributed by atoms with Crippen molar-refractivity contribution in [1.29, 1.82) is 0 Å². The lowest BCUT2D eigenvalue weighted by molar-refractivity contribution is -0.143. The molecule has 0 fully saturated rings. The van der Waals surface area contributed by atoms with Crippen molar-refractivity contribution in [2.75, 3.05) is 13.2 Å². The van der Waals surface area contributed by atoms with Crippen LogP contribution in [0.3, 0.4) is 0 Å². The van der Waals surface area contributed by atoms with Gasteiger partial charge in [0.05, 0.1) is 12.2 Å². The minimum atomic E-state index is -4.48. The normalized spacial score (nSPS) is 11.4. The van der Waals surface area contributed by atoms with Crippen LogP contribution in [0.5, 0.6) is 0 Å². The van der Waals surface area contributed by atoms with Crippen molar-refractivity contribution in [3.63, 3.8) is 0 Å². The summed E-state index contributed by atoms with van der Waals surface area (Å²) in [5, 5.41) is 3.99. The van der Waals surface area contributed by atoms with Gasteiger partial charge in [0.1, 0.15) is 13.3 Å². The zero-order valence-electron chi connectivity index (χ0n) is 14.0. The Balaban J connectivity index is 2.13. The van der Waals surface area contributed by atoms with Crippen LogP contribution < -0.4 is 5.73 Å². The topological polar surface area (TPSA) is 109 Å². The van der Waals surface area contributed by atoms with Crippen LogP contribution in [0.4, 0.5) is 13.2 Å². The number of amides is 1. The van der Waals surface area contributed by atoms with Crippen molar-refractivity contribution in [1.82, 2.24) is 14.8 Å². The molecule has 0 bridgehead atoms. The van der Waals surface area contributed by atoms with Gasteiger partial charge in [-0.2, -0.15) is 18.2 Å². The Morgan fingerprint density at radius 1 is 1.30 bits per heavy atom. The molecule has 27 heavy (non-hydrogen) atoms. The summed E-state index contributed by atoms with van der Waals surface area (Å²) in [5.74, 6) is -1.65. The van der Waals surface area contributed by atoms with E-state index in [4.69, 9.17) is 15.2 Å². The first-order valence-corrected chi connectivity index (χ1v) is 8.29. The quantitative estimate of drug-likeness (QED) is 0.530. The molecule has 0 aliphatic rings. The van der Waals surface area contributed by atoms with E-state index < -0.39 is 23.6 Å². The molecule has 0 saturated heterocycles. The van der Waals surface area contributed by atoms with Crippen LogP contribution in [-0.2, 0) is 27.2 Å². The average molecular weight is 404 g/mol. The van der Waals surface area contributed by atoms with Gasteiger partial charge in [-0.05, 0) is 18.2 Å². The summed E-state index contributed by atoms with van der Waals surface area (Å²) in [7, 11) is 0. The maximum atomic E-state index is 12.8. The molecule has 0 atom stereocenters. The highest BCUT2D eigenvalue weighted by Gasteiger charge is 2.30. The second-order valence-corrected chi connectivity index (χ2v) is 6.13. The molecule has 146 valence electrons. The smallest absolute Gasteiger partial charge is 0.416 e. The first-order valence-electron chi connectivity index (χ1n) is 7.47. The molecule has 0 aliphatic carbocycles. The number of carbonyl (C=O) groups is 2. The minimum Gasteiger partial charge on any atom is -0.463 e. The number of esters is 1. The molecule has 0 saturated carbocycles. The second kappa shape index (κ2) is 8.86. The molecule has 1 aromatic carbocycles. The minimum absolute atomic E-state index is 0.0167. The number of primary amides is 1. The molecular formula is C15H15F3N4O4S. The van der Waals surface area contributed by atoms with Crippen LogP contribution in [0.1, 0.15) is 23.1 Å². The molecule has 2 N–H and O–H groups in total. The number of nitrogens with zero attached hydrogens (tertiary/aromatic N) is 3. The molecule has 0 unspecified atom stereocenters. The van der Waals surface area contributed by atoms with E-state index in [0.717, 1.165) is 23.9 Å². The van der Waals surface area contributed by atoms with Crippen molar-refractivity contribution in [3.8, 4) is 0 Å². The van der Waals surface area contributed by atoms with Gasteiger partial charge in [-0.15, -0.1) is 5.10 Å². The fraction of sp³-hybridized carbons (Fsp3) is 0.333. The highest BCUT2D eigenvalue weighted by Crippen LogP contribution is 2.33. The molecule has 2 aromatic rings. The van der Waals surface area contributed by atoms with Crippen LogP contribution in [0.2, 0.25) is 0 Å². The number of nitrogens with two attached hydrogens (primary N) is 1. The van der Waals surface area contributed by atoms with Gasteiger partial charge in [-0.1, -0.05) is 17.8 Å². The Morgan fingerprint density at radius 2 is 2.04 bits per heavy atom. The summed E-state index contributed by atoms with van der Waals surface area (Å²) < 4.78 is 49.6. The summed E-state index contributed by atoms with van der Waals surface area (Å²) in [6.45, 7) is 1.16. The second-order valence-electron chi connectivity index (χ2n) is 5.09. The Kier molecular flexibility index (Phi) is 6.80. The number of benzene rings is 1. The Morgan fingerprint density at radius 3 is 2.67 bits per heavy atom. The number of aromatic nitrogens is 3. The van der Waals surface area contributed by atoms with E-state index in [-0.39, 0.29) is 35.8 Å². The molecule has 0 aliphatic heterocycles. The van der Waals surface area contributed by atoms with E-state index in [1.54, 1.807) is 0 Å². The largest absolute Gasteiger partial charge is 0.463 e. The number of rotatable bonds is 8. The number of hydrogen-bond acceptors (Lipinski definition) is 7. The fourth-order valence-corrected chi connectivity index (χ4v) is 2.70. The van der Waals surface area contributed by atoms with Gasteiger partial charge >= 0.3 is 12.1 Å². The summed E-state index contributed by atoms with van der Waals surface area (Å²) in [4.78, 5) is 26.1. The maximum Gasteiger partial charge on any atom is 0.416 e. The molecule has 0 spiro atoms. The zero-order chi connectivity index (χ0) is 20.0. The first kappa shape index (κ1) is 20.7. The standard InChI is InChI=1S/C15H15F3N4O4S/c1-9(23)26-6-5-25-8-22-14(20-13(21-22)12(19)24)27-11-4-2-3-10(7-11)15(16,17)18/h2-4,7H,5-6,8H2,1H3,(H2,19,24). The molecule has 1 amide bonds. The van der Waals surface area contributed by atoms with Gasteiger partial charge in [-0.25, -0.2) is 4.68 Å². The summed E-state index contributed by atoms with van der Waals surface area (Å²) in [6, 6.07) is 4.62. The van der Waals surface area contributed by atoms with E-state index in [0.29, 0.717) is 0 Å². The maximum absolute atomic E-state index is 12.8. The Hall–Kier alpha value is -2.60. The molecule has 1 heterocycles. The lowest BCUT2D eigenvalue weighted by Crippen LogP contribution is -2.15. The lowest BCUT2D eigenvalue weighted by Gasteiger charge is -2.09. The zero-order valence-corrected chi connectivity index (χ0v) is 14.8. The van der Waals surface area contributed by atoms with Crippen molar-refractivity contribution >= 4 is 23.6 Å². The first-order chi connectivity index (χ1) is 12.7. The molecule has 0 radical (unpaired) electrons. The average Bonchev–Trinajstić information content (AvgIpc) is 2.97. The van der Waals surface area contributed by atoms with Crippen LogP contribution in [0.25, 0.3) is 0 Å². The van der Waals surface area contributed by atoms with E-state index in [1.165, 1.54) is 23.7 Å². The van der Waals surface area contributed by atoms with Gasteiger partial charge in [0.25, 0.3) is 5.91 Å². The number of hydrogen-bond donors (Lipinski definition) is 1. The SMILES string of the molecule is CC(=O)OCCOCn1nc(C(N)=O)nc1Sc1cccc(C(F)(F)F)c1. The number of carbonyl (C=O) groups excluding carboxylic acids is 2. The molecule has 8 nitrogen and oxygen atoms in total. The molecule has 2 rings (SSSR count). The van der Waals surface area contributed by atoms with Crippen molar-refractivity contribution < 1.29 is 32.2 Å². The van der Waals surface area contributed by atoms with E-state index >= 15 is 0 Å². The summed E-state index contributed by atoms with van der Waals surface area (Å²) in [5.41, 5.74) is 4.33. The third kappa shape index (κ3) is 6.25. The van der Waals surface area contributed by atoms with Crippen LogP contribution >= 0.6 is 11.8 Å². The van der Waals surface area contributed by atoms with Gasteiger partial charge < -0.3 is 15.2 Å². The third-order valence-electron chi connectivity index (χ3n) is 2.98. The summed E-state index contributed by atoms with van der Waals surface area (Å²) in [6.07, 6.45) is -4.48. The lowest BCUT2D eigenvalue weighted by atomic mass is 10.2. The molecule has 1 aromatic heterocycles. The highest BCUT2D eigenvalue weighted by molar-refractivity contribution is 7.99. The van der Waals surface area contributed by atoms with E-state index in [9.17, 15) is 22.8 Å². The monoisotopic (exact) mass is 404 g/mol. The fourth-order valence-electron chi connectivity index (χ4n) is 1.83. The summed E-state index contributed by atoms with van der Waals surface area (Å²) >= 11 is 0.868. The third-order valence-corrected chi connectivity index (χ3v) is 3.95. The van der Waals surface area contributed by atoms with Gasteiger partial charge in [-0.3, -0.25) is 9.59 Å². The van der Waals surface area contributed by atoms with E-state index in [1.807, 2.05) is 0 Å². The van der Waals surface area contributed by atoms with Gasteiger partial charge in [0.2, 0.25) is 5.82 Å². The molecule has 12 heteroatoms. The predicted octanol–water partition coefficient (Wildman–Crippen LogP) is 2.08. The highest BCUT2D eigenvalue weighted by atomic mass is 32.2. The van der Waals surface area contributed by atoms with Crippen LogP contribution in [0, 0.1) is 0 Å². The van der Waals surface area contributed by atoms with Crippen molar-refractivity contribution in [2.45, 2.75) is 29.9 Å². The van der Waals surface area contributed by atoms with Gasteiger partial charge in [0, 0.05) is 11.8 Å². The predicted molar refractivity (Wildman–Crippen MR) is 86.7 cm³/mol. The van der Waals surface area contributed by atoms with Crippen molar-refractivity contribution in [3.05, 3.63) is 35.7 Å². The Labute approximate surface area is 155 Å². The number of halogens is 3. The van der Waals surface area contributed by atoms with Crippen LogP contribution in [-0.4, -0.2) is 39.9 Å². The van der Waals surface area contributed by atoms with Crippen molar-refractivity contribution in [2.24, 2.45) is 5.73 Å². The van der Waals surface area contributed by atoms with Crippen LogP contribution in [0.15, 0.2) is 34.3 Å². The van der Waals surface area contributed by atoms with E-state index in [2.05, 4.69) is 10.1 Å². The molecular weight excluding hydrogens is 389 g/mol. The Bertz CT molecular complexity index is 826. The van der Waals surface area contributed by atoms with Gasteiger partial charge in [0.15, 0.2) is 5.16 Å².